The number of nitrogens with zero attached hydrogens (tertiary/aromatic N) is 1. The van der Waals surface area contributed by atoms with E-state index in [0.717, 1.165) is 31.4 Å². The van der Waals surface area contributed by atoms with Crippen LogP contribution >= 0.6 is 22.9 Å². The van der Waals surface area contributed by atoms with Gasteiger partial charge in [0.1, 0.15) is 0 Å². The Hall–Kier alpha value is -0.0600. The van der Waals surface area contributed by atoms with Crippen molar-refractivity contribution in [2.24, 2.45) is 8.94 Å². The molecule has 0 amide bonds. The van der Waals surface area contributed by atoms with E-state index < -0.39 is 0 Å². The maximum atomic E-state index is 5.98. The molecular weight excluding hydrogens is 275 g/mol. The first-order valence-corrected chi connectivity index (χ1v) is 5.91. The Kier molecular flexibility index (Phi) is 4.77. The molecule has 1 aliphatic carbocycles. The maximum absolute atomic E-state index is 5.98. The van der Waals surface area contributed by atoms with E-state index in [1.807, 2.05) is 0 Å². The fraction of sp³-hybridized carbons (Fsp3) is 0.700. The smallest absolute Gasteiger partial charge is 0.0834 e. The highest BCUT2D eigenvalue weighted by Gasteiger charge is 2.14. The van der Waals surface area contributed by atoms with Crippen LogP contribution < -0.4 is 5.73 Å². The molecule has 1 aliphatic rings. The van der Waals surface area contributed by atoms with E-state index in [4.69, 9.17) is 5.73 Å². The first kappa shape index (κ1) is 11.0. The van der Waals surface area contributed by atoms with E-state index in [1.54, 1.807) is 0 Å². The SMILES string of the molecule is CCCC(=NI)C1=C(N)CCCC1. The highest BCUT2D eigenvalue weighted by Crippen LogP contribution is 2.24. The van der Waals surface area contributed by atoms with Gasteiger partial charge in [0.05, 0.1) is 28.6 Å². The molecule has 2 N–H and O–H groups in total. The normalized spacial score (nSPS) is 19.4. The summed E-state index contributed by atoms with van der Waals surface area (Å²) in [7, 11) is 0. The summed E-state index contributed by atoms with van der Waals surface area (Å²) in [6.07, 6.45) is 6.94. The molecule has 2 nitrogen and oxygen atoms in total. The summed E-state index contributed by atoms with van der Waals surface area (Å²) in [6, 6.07) is 0. The second kappa shape index (κ2) is 5.62. The van der Waals surface area contributed by atoms with Crippen molar-refractivity contribution in [3.63, 3.8) is 0 Å². The Bertz CT molecular complexity index is 231. The lowest BCUT2D eigenvalue weighted by Crippen LogP contribution is -2.14. The Labute approximate surface area is 94.2 Å². The molecule has 0 saturated carbocycles. The van der Waals surface area contributed by atoms with Gasteiger partial charge in [-0.15, -0.1) is 0 Å². The summed E-state index contributed by atoms with van der Waals surface area (Å²) < 4.78 is 4.30. The summed E-state index contributed by atoms with van der Waals surface area (Å²) >= 11 is 2.08. The Balaban J connectivity index is 2.77. The molecule has 0 radical (unpaired) electrons. The van der Waals surface area contributed by atoms with Crippen LogP contribution in [0.3, 0.4) is 0 Å². The summed E-state index contributed by atoms with van der Waals surface area (Å²) in [6.45, 7) is 2.18. The van der Waals surface area contributed by atoms with E-state index in [1.165, 1.54) is 24.1 Å². The minimum atomic E-state index is 1.06. The van der Waals surface area contributed by atoms with Gasteiger partial charge < -0.3 is 5.73 Å². The Morgan fingerprint density at radius 3 is 2.69 bits per heavy atom. The van der Waals surface area contributed by atoms with Gasteiger partial charge in [-0.2, -0.15) is 0 Å². The molecule has 0 heterocycles. The number of rotatable bonds is 3. The van der Waals surface area contributed by atoms with Crippen molar-refractivity contribution in [3.8, 4) is 0 Å². The quantitative estimate of drug-likeness (QED) is 0.628. The highest BCUT2D eigenvalue weighted by atomic mass is 127. The second-order valence-electron chi connectivity index (χ2n) is 3.49. The van der Waals surface area contributed by atoms with E-state index in [0.29, 0.717) is 0 Å². The zero-order valence-corrected chi connectivity index (χ0v) is 10.3. The molecule has 0 aliphatic heterocycles. The van der Waals surface area contributed by atoms with Crippen LogP contribution in [0.1, 0.15) is 45.4 Å². The predicted octanol–water partition coefficient (Wildman–Crippen LogP) is 3.36. The van der Waals surface area contributed by atoms with E-state index in [-0.39, 0.29) is 0 Å². The van der Waals surface area contributed by atoms with Crippen molar-refractivity contribution < 1.29 is 0 Å². The third-order valence-corrected chi connectivity index (χ3v) is 3.03. The van der Waals surface area contributed by atoms with Gasteiger partial charge in [0, 0.05) is 5.70 Å². The number of hydrogen-bond donors (Lipinski definition) is 1. The molecular formula is C10H17IN2. The third-order valence-electron chi connectivity index (χ3n) is 2.45. The maximum Gasteiger partial charge on any atom is 0.0834 e. The monoisotopic (exact) mass is 292 g/mol. The molecule has 0 fully saturated rings. The number of allylic oxidation sites excluding steroid dienone is 2. The van der Waals surface area contributed by atoms with Crippen molar-refractivity contribution in [3.05, 3.63) is 11.3 Å². The first-order chi connectivity index (χ1) is 6.29. The van der Waals surface area contributed by atoms with Gasteiger partial charge in [-0.25, -0.2) is 3.21 Å². The van der Waals surface area contributed by atoms with Gasteiger partial charge in [-0.05, 0) is 37.7 Å². The van der Waals surface area contributed by atoms with Crippen molar-refractivity contribution in [1.29, 1.82) is 0 Å². The summed E-state index contributed by atoms with van der Waals surface area (Å²) in [5.41, 5.74) is 9.62. The van der Waals surface area contributed by atoms with Crippen molar-refractivity contribution >= 4 is 28.6 Å². The van der Waals surface area contributed by atoms with Crippen LogP contribution in [0.4, 0.5) is 0 Å². The van der Waals surface area contributed by atoms with Crippen LogP contribution in [-0.4, -0.2) is 5.71 Å². The highest BCUT2D eigenvalue weighted by molar-refractivity contribution is 14.1. The largest absolute Gasteiger partial charge is 0.402 e. The zero-order chi connectivity index (χ0) is 9.68. The van der Waals surface area contributed by atoms with E-state index in [2.05, 4.69) is 33.0 Å². The zero-order valence-electron chi connectivity index (χ0n) is 8.15. The van der Waals surface area contributed by atoms with Gasteiger partial charge in [0.15, 0.2) is 0 Å². The lowest BCUT2D eigenvalue weighted by Gasteiger charge is -2.18. The van der Waals surface area contributed by atoms with Crippen molar-refractivity contribution in [2.75, 3.05) is 0 Å². The molecule has 0 spiro atoms. The average molecular weight is 292 g/mol. The molecule has 0 bridgehead atoms. The van der Waals surface area contributed by atoms with Crippen LogP contribution in [0.25, 0.3) is 0 Å². The molecule has 0 saturated heterocycles. The molecule has 3 heteroatoms. The molecule has 0 aromatic rings. The molecule has 1 rings (SSSR count). The number of halogens is 1. The van der Waals surface area contributed by atoms with Crippen LogP contribution in [0, 0.1) is 0 Å². The molecule has 0 atom stereocenters. The molecule has 0 aromatic carbocycles. The standard InChI is InChI=1S/C10H17IN2/c1-2-5-10(13-11)8-6-3-4-7-9(8)12/h2-7,12H2,1H3. The van der Waals surface area contributed by atoms with Crippen molar-refractivity contribution in [2.45, 2.75) is 45.4 Å². The van der Waals surface area contributed by atoms with E-state index in [9.17, 15) is 0 Å². The first-order valence-electron chi connectivity index (χ1n) is 4.95. The summed E-state index contributed by atoms with van der Waals surface area (Å²) in [4.78, 5) is 0. The average Bonchev–Trinajstić information content (AvgIpc) is 2.16. The van der Waals surface area contributed by atoms with Crippen LogP contribution in [-0.2, 0) is 0 Å². The van der Waals surface area contributed by atoms with Crippen LogP contribution in [0.5, 0.6) is 0 Å². The molecule has 13 heavy (non-hydrogen) atoms. The minimum Gasteiger partial charge on any atom is -0.402 e. The Morgan fingerprint density at radius 2 is 2.15 bits per heavy atom. The number of nitrogens with two attached hydrogens (primary N) is 1. The van der Waals surface area contributed by atoms with Crippen LogP contribution in [0.15, 0.2) is 14.5 Å². The van der Waals surface area contributed by atoms with Gasteiger partial charge in [-0.3, -0.25) is 0 Å². The van der Waals surface area contributed by atoms with Crippen molar-refractivity contribution in [1.82, 2.24) is 0 Å². The fourth-order valence-corrected chi connectivity index (χ4v) is 2.27. The van der Waals surface area contributed by atoms with Gasteiger partial charge in [0.2, 0.25) is 0 Å². The van der Waals surface area contributed by atoms with Crippen LogP contribution in [0.2, 0.25) is 0 Å². The Morgan fingerprint density at radius 1 is 1.46 bits per heavy atom. The minimum absolute atomic E-state index is 1.06. The molecule has 0 aromatic heterocycles. The second-order valence-corrected chi connectivity index (χ2v) is 3.97. The summed E-state index contributed by atoms with van der Waals surface area (Å²) in [5.74, 6) is 0. The lowest BCUT2D eigenvalue weighted by atomic mass is 9.92. The lowest BCUT2D eigenvalue weighted by molar-refractivity contribution is 0.680. The van der Waals surface area contributed by atoms with Gasteiger partial charge >= 0.3 is 0 Å². The van der Waals surface area contributed by atoms with E-state index >= 15 is 0 Å². The topological polar surface area (TPSA) is 38.4 Å². The predicted molar refractivity (Wildman–Crippen MR) is 66.0 cm³/mol. The third kappa shape index (κ3) is 2.97. The molecule has 74 valence electrons. The summed E-state index contributed by atoms with van der Waals surface area (Å²) in [5, 5.41) is 0. The van der Waals surface area contributed by atoms with Gasteiger partial charge in [0.25, 0.3) is 0 Å². The molecule has 0 unspecified atom stereocenters. The van der Waals surface area contributed by atoms with Gasteiger partial charge in [-0.1, -0.05) is 13.3 Å². The fourth-order valence-electron chi connectivity index (χ4n) is 1.74. The number of hydrogen-bond acceptors (Lipinski definition) is 2.